The minimum Gasteiger partial charge on any atom is -0.507 e. The number of nitrogens with zero attached hydrogens (tertiary/aromatic N) is 7. The summed E-state index contributed by atoms with van der Waals surface area (Å²) in [4.78, 5) is 45.6. The Morgan fingerprint density at radius 1 is 0.951 bits per heavy atom. The van der Waals surface area contributed by atoms with E-state index in [1.807, 2.05) is 56.3 Å². The lowest BCUT2D eigenvalue weighted by molar-refractivity contribution is -0.120. The number of urea groups is 1. The van der Waals surface area contributed by atoms with Crippen molar-refractivity contribution in [1.29, 1.82) is 0 Å². The number of ether oxygens (including phenoxy) is 1. The normalized spacial score (nSPS) is 21.5. The zero-order valence-electron chi connectivity index (χ0n) is 34.6. The highest BCUT2D eigenvalue weighted by molar-refractivity contribution is 6.06. The first-order valence-electron chi connectivity index (χ1n) is 21.3. The first kappa shape index (κ1) is 40.4. The van der Waals surface area contributed by atoms with Gasteiger partial charge >= 0.3 is 6.03 Å². The quantitative estimate of drug-likeness (QED) is 0.160. The summed E-state index contributed by atoms with van der Waals surface area (Å²) in [7, 11) is 0. The van der Waals surface area contributed by atoms with Gasteiger partial charge in [0.05, 0.1) is 17.5 Å². The number of alkyl halides is 1. The fourth-order valence-electron chi connectivity index (χ4n) is 9.55. The van der Waals surface area contributed by atoms with Crippen LogP contribution in [0.25, 0.3) is 22.2 Å². The molecule has 2 atom stereocenters. The van der Waals surface area contributed by atoms with Gasteiger partial charge in [0.25, 0.3) is 5.91 Å². The second kappa shape index (κ2) is 16.4. The van der Waals surface area contributed by atoms with E-state index in [2.05, 4.69) is 48.2 Å². The van der Waals surface area contributed by atoms with Crippen molar-refractivity contribution < 1.29 is 28.6 Å². The Labute approximate surface area is 354 Å². The monoisotopic (exact) mass is 829 g/mol. The van der Waals surface area contributed by atoms with E-state index in [0.29, 0.717) is 74.6 Å². The standard InChI is InChI=1S/C46H52FN9O5/c1-29-23-38-33(24-37(29)56-20-14-42(58)49-45(56)60)11-19-55(38)34-12-17-52(18-13-34)28-46(47)15-21-53(22-16-46)44(59)32-9-7-31(8-10-32)41-27-54(26-30(2)61-41)39-25-36(50-51-43(39)48)35-5-3-4-6-40(35)57/h3-11,19,23-25,30,34,41,57H,12-18,20-22,26-28H2,1-2H3,(H2,48,51)(H,49,58,60)/t30-,41-/m0/s1. The summed E-state index contributed by atoms with van der Waals surface area (Å²) < 4.78 is 25.0. The number of amides is 4. The number of nitrogen functional groups attached to an aromatic ring is 1. The van der Waals surface area contributed by atoms with Crippen molar-refractivity contribution in [3.63, 3.8) is 0 Å². The number of phenols is 1. The number of carbonyl (C=O) groups excluding carboxylic acids is 3. The molecule has 3 aromatic carbocycles. The molecule has 9 rings (SSSR count). The van der Waals surface area contributed by atoms with Crippen LogP contribution in [0, 0.1) is 6.92 Å². The van der Waals surface area contributed by atoms with Crippen molar-refractivity contribution in [2.24, 2.45) is 0 Å². The lowest BCUT2D eigenvalue weighted by atomic mass is 9.91. The number of aromatic hydroxyl groups is 1. The Morgan fingerprint density at radius 2 is 1.70 bits per heavy atom. The number of rotatable bonds is 8. The third-order valence-corrected chi connectivity index (χ3v) is 12.9. The second-order valence-corrected chi connectivity index (χ2v) is 17.1. The molecule has 0 saturated carbocycles. The van der Waals surface area contributed by atoms with Crippen LogP contribution < -0.4 is 20.9 Å². The number of nitrogens with two attached hydrogens (primary N) is 1. The molecule has 6 heterocycles. The smallest absolute Gasteiger partial charge is 0.328 e. The van der Waals surface area contributed by atoms with Crippen LogP contribution in [0.15, 0.2) is 79.0 Å². The number of aromatic nitrogens is 3. The highest BCUT2D eigenvalue weighted by Gasteiger charge is 2.39. The molecule has 0 spiro atoms. The number of anilines is 3. The minimum atomic E-state index is -1.36. The molecule has 61 heavy (non-hydrogen) atoms. The van der Waals surface area contributed by atoms with Gasteiger partial charge in [-0.25, -0.2) is 9.18 Å². The third kappa shape index (κ3) is 8.23. The number of aryl methyl sites for hydroxylation is 1. The van der Waals surface area contributed by atoms with Crippen molar-refractivity contribution in [2.75, 3.05) is 67.9 Å². The number of hydrogen-bond acceptors (Lipinski definition) is 10. The molecule has 4 amide bonds. The molecule has 4 fully saturated rings. The zero-order valence-corrected chi connectivity index (χ0v) is 34.6. The summed E-state index contributed by atoms with van der Waals surface area (Å²) in [5.41, 5.74) is 11.1. The molecule has 14 nitrogen and oxygen atoms in total. The maximum atomic E-state index is 16.4. The Hall–Kier alpha value is -6.06. The molecule has 5 aromatic rings. The lowest BCUT2D eigenvalue weighted by Crippen LogP contribution is -2.51. The van der Waals surface area contributed by atoms with Crippen LogP contribution in [0.5, 0.6) is 5.75 Å². The average Bonchev–Trinajstić information content (AvgIpc) is 3.66. The number of likely N-dealkylation sites (tertiary alicyclic amines) is 2. The number of para-hydroxylation sites is 1. The van der Waals surface area contributed by atoms with E-state index in [9.17, 15) is 19.5 Å². The summed E-state index contributed by atoms with van der Waals surface area (Å²) in [6.07, 6.45) is 4.38. The first-order chi connectivity index (χ1) is 29.4. The summed E-state index contributed by atoms with van der Waals surface area (Å²) in [6.45, 7) is 8.12. The van der Waals surface area contributed by atoms with E-state index in [-0.39, 0.29) is 54.1 Å². The van der Waals surface area contributed by atoms with E-state index >= 15 is 4.39 Å². The largest absolute Gasteiger partial charge is 0.507 e. The lowest BCUT2D eigenvalue weighted by Gasteiger charge is -2.41. The molecule has 15 heteroatoms. The van der Waals surface area contributed by atoms with Crippen molar-refractivity contribution in [1.82, 2.24) is 29.9 Å². The molecule has 0 bridgehead atoms. The molecule has 0 unspecified atom stereocenters. The van der Waals surface area contributed by atoms with Crippen molar-refractivity contribution in [3.8, 4) is 17.0 Å². The predicted octanol–water partition coefficient (Wildman–Crippen LogP) is 6.39. The van der Waals surface area contributed by atoms with Crippen LogP contribution >= 0.6 is 0 Å². The molecule has 0 aliphatic carbocycles. The van der Waals surface area contributed by atoms with Gasteiger partial charge < -0.3 is 34.8 Å². The molecule has 318 valence electrons. The van der Waals surface area contributed by atoms with Crippen LogP contribution in [-0.2, 0) is 9.53 Å². The van der Waals surface area contributed by atoms with Gasteiger partial charge in [0.2, 0.25) is 5.91 Å². The number of phenolic OH excluding ortho intramolecular Hbond substituents is 1. The van der Waals surface area contributed by atoms with Gasteiger partial charge in [0.15, 0.2) is 5.82 Å². The van der Waals surface area contributed by atoms with Crippen molar-refractivity contribution >= 4 is 45.9 Å². The number of fused-ring (bicyclic) bond motifs is 1. The molecule has 0 radical (unpaired) electrons. The number of morpholine rings is 1. The van der Waals surface area contributed by atoms with Crippen LogP contribution in [0.2, 0.25) is 0 Å². The van der Waals surface area contributed by atoms with Gasteiger partial charge in [-0.15, -0.1) is 10.2 Å². The third-order valence-electron chi connectivity index (χ3n) is 12.9. The molecule has 4 aliphatic heterocycles. The molecular formula is C46H52FN9O5. The summed E-state index contributed by atoms with van der Waals surface area (Å²) in [6, 6.07) is 22.5. The van der Waals surface area contributed by atoms with Gasteiger partial charge in [0, 0.05) is 112 Å². The van der Waals surface area contributed by atoms with E-state index in [1.165, 1.54) is 0 Å². The highest BCUT2D eigenvalue weighted by Crippen LogP contribution is 2.37. The van der Waals surface area contributed by atoms with E-state index < -0.39 is 5.67 Å². The predicted molar refractivity (Wildman–Crippen MR) is 231 cm³/mol. The molecule has 2 aromatic heterocycles. The van der Waals surface area contributed by atoms with E-state index in [4.69, 9.17) is 10.5 Å². The number of halogens is 1. The van der Waals surface area contributed by atoms with Gasteiger partial charge in [-0.1, -0.05) is 24.3 Å². The zero-order chi connectivity index (χ0) is 42.4. The Morgan fingerprint density at radius 3 is 2.44 bits per heavy atom. The van der Waals surface area contributed by atoms with Gasteiger partial charge in [0.1, 0.15) is 17.5 Å². The van der Waals surface area contributed by atoms with Crippen molar-refractivity contribution in [3.05, 3.63) is 95.7 Å². The number of nitrogens with one attached hydrogen (secondary N) is 1. The topological polar surface area (TPSA) is 162 Å². The Kier molecular flexibility index (Phi) is 10.9. The number of carbonyl (C=O) groups is 3. The van der Waals surface area contributed by atoms with Crippen molar-refractivity contribution in [2.45, 2.75) is 69.9 Å². The van der Waals surface area contributed by atoms with Gasteiger partial charge in [-0.2, -0.15) is 0 Å². The van der Waals surface area contributed by atoms with Crippen LogP contribution in [0.4, 0.5) is 26.4 Å². The number of piperidine rings is 2. The summed E-state index contributed by atoms with van der Waals surface area (Å²) in [5.74, 6) is 0.0509. The Bertz CT molecular complexity index is 2460. The summed E-state index contributed by atoms with van der Waals surface area (Å²) in [5, 5.41) is 22.3. The minimum absolute atomic E-state index is 0.100. The van der Waals surface area contributed by atoms with Crippen LogP contribution in [-0.4, -0.2) is 112 Å². The summed E-state index contributed by atoms with van der Waals surface area (Å²) >= 11 is 0. The second-order valence-electron chi connectivity index (χ2n) is 17.1. The van der Waals surface area contributed by atoms with E-state index in [1.54, 1.807) is 28.0 Å². The number of imide groups is 1. The van der Waals surface area contributed by atoms with Gasteiger partial charge in [-0.05, 0) is 86.3 Å². The molecule has 4 N–H and O–H groups in total. The fraction of sp³-hybridized carbons (Fsp3) is 0.413. The number of hydrogen-bond donors (Lipinski definition) is 3. The van der Waals surface area contributed by atoms with Crippen LogP contribution in [0.3, 0.4) is 0 Å². The maximum absolute atomic E-state index is 16.4. The SMILES string of the molecule is Cc1cc2c(ccn2C2CCN(CC3(F)CCN(C(=O)c4ccc([C@@H]5CN(c6cc(-c7ccccc7O)nnc6N)C[C@H](C)O5)cc4)CC3)CC2)cc1N1CCC(=O)NC1=O. The first-order valence-corrected chi connectivity index (χ1v) is 21.3. The molecular weight excluding hydrogens is 778 g/mol. The van der Waals surface area contributed by atoms with Gasteiger partial charge in [-0.3, -0.25) is 19.8 Å². The molecule has 4 aliphatic rings. The fourth-order valence-corrected chi connectivity index (χ4v) is 9.55. The highest BCUT2D eigenvalue weighted by atomic mass is 19.1. The maximum Gasteiger partial charge on any atom is 0.328 e. The average molecular weight is 830 g/mol. The Balaban J connectivity index is 0.775. The number of benzene rings is 3. The molecule has 4 saturated heterocycles. The van der Waals surface area contributed by atoms with Crippen LogP contribution in [0.1, 0.15) is 72.7 Å². The van der Waals surface area contributed by atoms with E-state index in [0.717, 1.165) is 53.6 Å².